The molecule has 0 fully saturated rings. The Balaban J connectivity index is 2.24. The van der Waals surface area contributed by atoms with Crippen molar-refractivity contribution in [2.45, 2.75) is 6.42 Å². The summed E-state index contributed by atoms with van der Waals surface area (Å²) in [5.74, 6) is 0.398. The molecule has 0 aliphatic rings. The van der Waals surface area contributed by atoms with Crippen molar-refractivity contribution in [2.75, 3.05) is 0 Å². The molecule has 0 atom stereocenters. The summed E-state index contributed by atoms with van der Waals surface area (Å²) >= 11 is 0. The average molecular weight is 242 g/mol. The van der Waals surface area contributed by atoms with Gasteiger partial charge in [-0.05, 0) is 41.5 Å². The fourth-order valence-corrected chi connectivity index (χ4v) is 1.77. The van der Waals surface area contributed by atoms with Crippen LogP contribution >= 0.6 is 0 Å². The van der Waals surface area contributed by atoms with Crippen LogP contribution in [0.25, 0.3) is 5.57 Å². The molecular weight excluding hydrogens is 228 g/mol. The quantitative estimate of drug-likeness (QED) is 0.725. The molecular formula is C15H14O3. The van der Waals surface area contributed by atoms with E-state index in [2.05, 4.69) is 6.58 Å². The van der Waals surface area contributed by atoms with Crippen LogP contribution in [0.5, 0.6) is 17.2 Å². The predicted octanol–water partition coefficient (Wildman–Crippen LogP) is 3.06. The number of hydrogen-bond donors (Lipinski definition) is 3. The summed E-state index contributed by atoms with van der Waals surface area (Å²) in [5.41, 5.74) is 2.16. The van der Waals surface area contributed by atoms with Crippen molar-refractivity contribution >= 4 is 5.57 Å². The predicted molar refractivity (Wildman–Crippen MR) is 70.6 cm³/mol. The molecule has 18 heavy (non-hydrogen) atoms. The second-order valence-corrected chi connectivity index (χ2v) is 4.14. The van der Waals surface area contributed by atoms with Gasteiger partial charge in [0.25, 0.3) is 0 Å². The molecule has 0 unspecified atom stereocenters. The number of hydrogen-bond acceptors (Lipinski definition) is 3. The van der Waals surface area contributed by atoms with Crippen LogP contribution in [0.2, 0.25) is 0 Å². The molecule has 2 aromatic rings. The molecule has 0 aliphatic heterocycles. The van der Waals surface area contributed by atoms with Gasteiger partial charge in [0.15, 0.2) is 0 Å². The van der Waals surface area contributed by atoms with Crippen LogP contribution < -0.4 is 0 Å². The Morgan fingerprint density at radius 1 is 0.944 bits per heavy atom. The largest absolute Gasteiger partial charge is 0.508 e. The normalized spacial score (nSPS) is 10.2. The van der Waals surface area contributed by atoms with Gasteiger partial charge in [0.05, 0.1) is 0 Å². The van der Waals surface area contributed by atoms with Gasteiger partial charge in [0, 0.05) is 12.0 Å². The van der Waals surface area contributed by atoms with Crippen LogP contribution in [0.3, 0.4) is 0 Å². The lowest BCUT2D eigenvalue weighted by molar-refractivity contribution is 0.455. The summed E-state index contributed by atoms with van der Waals surface area (Å²) in [6, 6.07) is 11.1. The second kappa shape index (κ2) is 4.84. The monoisotopic (exact) mass is 242 g/mol. The van der Waals surface area contributed by atoms with Gasteiger partial charge >= 0.3 is 0 Å². The minimum atomic E-state index is 0.103. The molecule has 0 bridgehead atoms. The fraction of sp³-hybridized carbons (Fsp3) is 0.0667. The van der Waals surface area contributed by atoms with Gasteiger partial charge in [-0.1, -0.05) is 18.7 Å². The highest BCUT2D eigenvalue weighted by atomic mass is 16.3. The molecule has 0 saturated heterocycles. The third-order valence-corrected chi connectivity index (χ3v) is 2.72. The molecule has 3 heteroatoms. The van der Waals surface area contributed by atoms with Crippen molar-refractivity contribution in [1.29, 1.82) is 0 Å². The summed E-state index contributed by atoms with van der Waals surface area (Å²) in [5, 5.41) is 28.5. The molecule has 0 radical (unpaired) electrons. The Labute approximate surface area is 105 Å². The number of phenols is 3. The number of benzene rings is 2. The lowest BCUT2D eigenvalue weighted by atomic mass is 9.99. The summed E-state index contributed by atoms with van der Waals surface area (Å²) < 4.78 is 0. The van der Waals surface area contributed by atoms with Gasteiger partial charge < -0.3 is 15.3 Å². The first kappa shape index (κ1) is 12.0. The van der Waals surface area contributed by atoms with E-state index in [0.717, 1.165) is 11.1 Å². The van der Waals surface area contributed by atoms with E-state index in [0.29, 0.717) is 12.0 Å². The summed E-state index contributed by atoms with van der Waals surface area (Å²) in [7, 11) is 0. The Morgan fingerprint density at radius 3 is 2.39 bits per heavy atom. The minimum Gasteiger partial charge on any atom is -0.508 e. The van der Waals surface area contributed by atoms with Gasteiger partial charge in [0.1, 0.15) is 17.2 Å². The first-order valence-electron chi connectivity index (χ1n) is 5.54. The number of allylic oxidation sites excluding steroid dienone is 1. The highest BCUT2D eigenvalue weighted by molar-refractivity contribution is 5.67. The van der Waals surface area contributed by atoms with Crippen molar-refractivity contribution in [1.82, 2.24) is 0 Å². The molecule has 3 N–H and O–H groups in total. The molecule has 0 amide bonds. The van der Waals surface area contributed by atoms with Crippen LogP contribution in [0.1, 0.15) is 11.1 Å². The third kappa shape index (κ3) is 2.63. The van der Waals surface area contributed by atoms with Gasteiger partial charge in [0.2, 0.25) is 0 Å². The summed E-state index contributed by atoms with van der Waals surface area (Å²) in [6.45, 7) is 3.93. The molecule has 0 aromatic heterocycles. The Bertz CT molecular complexity index is 588. The van der Waals surface area contributed by atoms with Crippen LogP contribution in [0.4, 0.5) is 0 Å². The molecule has 0 saturated carbocycles. The van der Waals surface area contributed by atoms with E-state index in [1.54, 1.807) is 18.2 Å². The maximum absolute atomic E-state index is 9.68. The van der Waals surface area contributed by atoms with E-state index in [-0.39, 0.29) is 17.2 Å². The topological polar surface area (TPSA) is 60.7 Å². The van der Waals surface area contributed by atoms with Crippen molar-refractivity contribution in [3.8, 4) is 17.2 Å². The lowest BCUT2D eigenvalue weighted by Crippen LogP contribution is -1.90. The van der Waals surface area contributed by atoms with E-state index in [4.69, 9.17) is 0 Å². The van der Waals surface area contributed by atoms with Gasteiger partial charge in [-0.2, -0.15) is 0 Å². The van der Waals surface area contributed by atoms with Crippen LogP contribution in [-0.2, 0) is 6.42 Å². The second-order valence-electron chi connectivity index (χ2n) is 4.14. The zero-order valence-electron chi connectivity index (χ0n) is 9.80. The van der Waals surface area contributed by atoms with Gasteiger partial charge in [-0.3, -0.25) is 0 Å². The number of aromatic hydroxyl groups is 3. The highest BCUT2D eigenvalue weighted by Gasteiger charge is 2.06. The number of phenolic OH excluding ortho intramolecular Hbond substituents is 3. The molecule has 92 valence electrons. The van der Waals surface area contributed by atoms with E-state index in [9.17, 15) is 15.3 Å². The minimum absolute atomic E-state index is 0.103. The Morgan fingerprint density at radius 2 is 1.67 bits per heavy atom. The molecule has 0 spiro atoms. The first-order valence-corrected chi connectivity index (χ1v) is 5.54. The first-order chi connectivity index (χ1) is 8.56. The Hall–Kier alpha value is -2.42. The molecule has 0 heterocycles. The zero-order chi connectivity index (χ0) is 13.1. The Kier molecular flexibility index (Phi) is 3.24. The zero-order valence-corrected chi connectivity index (χ0v) is 9.80. The molecule has 3 nitrogen and oxygen atoms in total. The van der Waals surface area contributed by atoms with Crippen molar-refractivity contribution in [3.63, 3.8) is 0 Å². The van der Waals surface area contributed by atoms with E-state index in [1.807, 2.05) is 6.07 Å². The lowest BCUT2D eigenvalue weighted by Gasteiger charge is -2.09. The van der Waals surface area contributed by atoms with Gasteiger partial charge in [-0.15, -0.1) is 0 Å². The SMILES string of the molecule is C=C(Cc1cc(O)ccc1O)c1cccc(O)c1. The van der Waals surface area contributed by atoms with Crippen LogP contribution in [0.15, 0.2) is 49.0 Å². The standard InChI is InChI=1S/C15H14O3/c1-10(11-3-2-4-13(16)8-11)7-12-9-14(17)5-6-15(12)18/h2-6,8-9,16-18H,1,7H2. The molecule has 0 aliphatic carbocycles. The van der Waals surface area contributed by atoms with Crippen molar-refractivity contribution < 1.29 is 15.3 Å². The van der Waals surface area contributed by atoms with Crippen LogP contribution in [-0.4, -0.2) is 15.3 Å². The van der Waals surface area contributed by atoms with Crippen molar-refractivity contribution in [3.05, 3.63) is 60.2 Å². The molecule has 2 aromatic carbocycles. The fourth-order valence-electron chi connectivity index (χ4n) is 1.77. The van der Waals surface area contributed by atoms with Crippen LogP contribution in [0, 0.1) is 0 Å². The maximum atomic E-state index is 9.68. The molecule has 2 rings (SSSR count). The smallest absolute Gasteiger partial charge is 0.119 e. The van der Waals surface area contributed by atoms with E-state index < -0.39 is 0 Å². The highest BCUT2D eigenvalue weighted by Crippen LogP contribution is 2.28. The van der Waals surface area contributed by atoms with E-state index in [1.165, 1.54) is 18.2 Å². The summed E-state index contributed by atoms with van der Waals surface area (Å²) in [4.78, 5) is 0. The maximum Gasteiger partial charge on any atom is 0.119 e. The van der Waals surface area contributed by atoms with E-state index >= 15 is 0 Å². The van der Waals surface area contributed by atoms with Crippen molar-refractivity contribution in [2.24, 2.45) is 0 Å². The third-order valence-electron chi connectivity index (χ3n) is 2.72. The summed E-state index contributed by atoms with van der Waals surface area (Å²) in [6.07, 6.45) is 0.406. The number of rotatable bonds is 3. The van der Waals surface area contributed by atoms with Gasteiger partial charge in [-0.25, -0.2) is 0 Å². The average Bonchev–Trinajstić information content (AvgIpc) is 2.34.